The first kappa shape index (κ1) is 15.3. The summed E-state index contributed by atoms with van der Waals surface area (Å²) in [6.45, 7) is 5.87. The van der Waals surface area contributed by atoms with E-state index in [1.165, 1.54) is 11.3 Å². The maximum Gasteiger partial charge on any atom is 0.279 e. The summed E-state index contributed by atoms with van der Waals surface area (Å²) in [6, 6.07) is 9.55. The molecule has 3 rings (SSSR count). The largest absolute Gasteiger partial charge is 0.295 e. The molecule has 23 heavy (non-hydrogen) atoms. The number of nitrogens with zero attached hydrogens (tertiary/aromatic N) is 5. The average Bonchev–Trinajstić information content (AvgIpc) is 3.15. The molecule has 3 aromatic rings. The molecule has 0 radical (unpaired) electrons. The Morgan fingerprint density at radius 2 is 1.91 bits per heavy atom. The molecule has 2 heterocycles. The zero-order valence-corrected chi connectivity index (χ0v) is 13.8. The van der Waals surface area contributed by atoms with Gasteiger partial charge in [0.15, 0.2) is 5.69 Å². The van der Waals surface area contributed by atoms with Gasteiger partial charge in [-0.15, -0.1) is 15.3 Å². The summed E-state index contributed by atoms with van der Waals surface area (Å²) in [5.74, 6) is -0.0602. The Balaban J connectivity index is 1.81. The molecule has 1 amide bonds. The number of amides is 1. The minimum atomic E-state index is -0.337. The molecular weight excluding hydrogens is 312 g/mol. The third-order valence-corrected chi connectivity index (χ3v) is 4.40. The van der Waals surface area contributed by atoms with Crippen molar-refractivity contribution in [1.82, 2.24) is 25.2 Å². The van der Waals surface area contributed by atoms with Crippen LogP contribution in [0, 0.1) is 6.92 Å². The third kappa shape index (κ3) is 3.11. The van der Waals surface area contributed by atoms with E-state index in [4.69, 9.17) is 0 Å². The fraction of sp³-hybridized carbons (Fsp3) is 0.267. The van der Waals surface area contributed by atoms with E-state index in [2.05, 4.69) is 25.8 Å². The highest BCUT2D eigenvalue weighted by molar-refractivity contribution is 7.15. The molecule has 0 aliphatic rings. The second-order valence-electron chi connectivity index (χ2n) is 5.33. The Morgan fingerprint density at radius 1 is 1.17 bits per heavy atom. The smallest absolute Gasteiger partial charge is 0.279 e. The molecule has 0 aliphatic carbocycles. The van der Waals surface area contributed by atoms with Gasteiger partial charge in [-0.1, -0.05) is 48.6 Å². The highest BCUT2D eigenvalue weighted by atomic mass is 32.1. The molecule has 0 fully saturated rings. The molecule has 0 atom stereocenters. The Morgan fingerprint density at radius 3 is 2.57 bits per heavy atom. The first-order valence-corrected chi connectivity index (χ1v) is 8.00. The number of benzene rings is 1. The number of carbonyl (C=O) groups excluding carboxylic acids is 1. The molecule has 8 heteroatoms. The Bertz CT molecular complexity index is 824. The van der Waals surface area contributed by atoms with Crippen molar-refractivity contribution in [2.75, 3.05) is 5.32 Å². The first-order chi connectivity index (χ1) is 11.1. The molecule has 0 spiro atoms. The van der Waals surface area contributed by atoms with Gasteiger partial charge < -0.3 is 0 Å². The van der Waals surface area contributed by atoms with Gasteiger partial charge in [0.25, 0.3) is 5.91 Å². The fourth-order valence-electron chi connectivity index (χ4n) is 2.03. The standard InChI is InChI=1S/C15H16N6OS/c1-9(2)14-18-19-15(23-14)16-13(22)12-10(3)21(20-17-12)11-7-5-4-6-8-11/h4-9H,1-3H3,(H,16,19,22). The summed E-state index contributed by atoms with van der Waals surface area (Å²) in [6.07, 6.45) is 0. The van der Waals surface area contributed by atoms with Crippen LogP contribution >= 0.6 is 11.3 Å². The lowest BCUT2D eigenvalue weighted by atomic mass is 10.2. The quantitative estimate of drug-likeness (QED) is 0.796. The zero-order valence-electron chi connectivity index (χ0n) is 13.0. The van der Waals surface area contributed by atoms with E-state index in [0.29, 0.717) is 10.8 Å². The van der Waals surface area contributed by atoms with Crippen LogP contribution in [0.3, 0.4) is 0 Å². The van der Waals surface area contributed by atoms with Gasteiger partial charge in [0.2, 0.25) is 5.13 Å². The molecule has 118 valence electrons. The van der Waals surface area contributed by atoms with Gasteiger partial charge in [0.05, 0.1) is 11.4 Å². The first-order valence-electron chi connectivity index (χ1n) is 7.18. The lowest BCUT2D eigenvalue weighted by Crippen LogP contribution is -2.14. The lowest BCUT2D eigenvalue weighted by molar-refractivity contribution is 0.102. The molecule has 0 bridgehead atoms. The van der Waals surface area contributed by atoms with Crippen LogP contribution in [0.4, 0.5) is 5.13 Å². The normalized spacial score (nSPS) is 11.0. The van der Waals surface area contributed by atoms with Crippen molar-refractivity contribution in [3.8, 4) is 5.69 Å². The molecule has 2 aromatic heterocycles. The second-order valence-corrected chi connectivity index (χ2v) is 6.33. The number of carbonyl (C=O) groups is 1. The van der Waals surface area contributed by atoms with Crippen LogP contribution in [-0.4, -0.2) is 31.1 Å². The van der Waals surface area contributed by atoms with E-state index in [1.54, 1.807) is 4.68 Å². The average molecular weight is 328 g/mol. The highest BCUT2D eigenvalue weighted by Gasteiger charge is 2.19. The van der Waals surface area contributed by atoms with Gasteiger partial charge in [-0.3, -0.25) is 10.1 Å². The van der Waals surface area contributed by atoms with Crippen LogP contribution in [0.1, 0.15) is 41.0 Å². The third-order valence-electron chi connectivity index (χ3n) is 3.27. The van der Waals surface area contributed by atoms with E-state index in [1.807, 2.05) is 51.1 Å². The Kier molecular flexibility index (Phi) is 4.16. The number of aromatic nitrogens is 5. The second kappa shape index (κ2) is 6.25. The van der Waals surface area contributed by atoms with E-state index in [-0.39, 0.29) is 17.5 Å². The number of nitrogens with one attached hydrogen (secondary N) is 1. The number of hydrogen-bond donors (Lipinski definition) is 1. The van der Waals surface area contributed by atoms with E-state index >= 15 is 0 Å². The number of hydrogen-bond acceptors (Lipinski definition) is 6. The minimum Gasteiger partial charge on any atom is -0.295 e. The molecule has 0 saturated carbocycles. The van der Waals surface area contributed by atoms with Crippen molar-refractivity contribution in [3.05, 3.63) is 46.7 Å². The minimum absolute atomic E-state index is 0.273. The summed E-state index contributed by atoms with van der Waals surface area (Å²) in [5.41, 5.74) is 1.80. The Hall–Kier alpha value is -2.61. The van der Waals surface area contributed by atoms with Gasteiger partial charge in [0, 0.05) is 5.92 Å². The molecular formula is C15H16N6OS. The topological polar surface area (TPSA) is 85.6 Å². The molecule has 0 unspecified atom stereocenters. The van der Waals surface area contributed by atoms with Gasteiger partial charge in [-0.05, 0) is 19.1 Å². The fourth-order valence-corrected chi connectivity index (χ4v) is 2.77. The van der Waals surface area contributed by atoms with Gasteiger partial charge in [-0.25, -0.2) is 4.68 Å². The van der Waals surface area contributed by atoms with Crippen molar-refractivity contribution in [3.63, 3.8) is 0 Å². The van der Waals surface area contributed by atoms with Crippen LogP contribution in [0.15, 0.2) is 30.3 Å². The number of para-hydroxylation sites is 1. The van der Waals surface area contributed by atoms with Crippen molar-refractivity contribution in [1.29, 1.82) is 0 Å². The lowest BCUT2D eigenvalue weighted by Gasteiger charge is -2.03. The summed E-state index contributed by atoms with van der Waals surface area (Å²) in [7, 11) is 0. The van der Waals surface area contributed by atoms with Crippen LogP contribution in [0.2, 0.25) is 0 Å². The predicted molar refractivity (Wildman–Crippen MR) is 88.0 cm³/mol. The summed E-state index contributed by atoms with van der Waals surface area (Å²) < 4.78 is 1.63. The monoisotopic (exact) mass is 328 g/mol. The van der Waals surface area contributed by atoms with Gasteiger partial charge >= 0.3 is 0 Å². The van der Waals surface area contributed by atoms with Crippen LogP contribution in [0.25, 0.3) is 5.69 Å². The van der Waals surface area contributed by atoms with E-state index in [0.717, 1.165) is 10.7 Å². The number of rotatable bonds is 4. The zero-order chi connectivity index (χ0) is 16.4. The molecule has 1 N–H and O–H groups in total. The maximum atomic E-state index is 12.4. The summed E-state index contributed by atoms with van der Waals surface area (Å²) in [4.78, 5) is 12.4. The maximum absolute atomic E-state index is 12.4. The van der Waals surface area contributed by atoms with Crippen molar-refractivity contribution >= 4 is 22.4 Å². The predicted octanol–water partition coefficient (Wildman–Crippen LogP) is 2.80. The molecule has 1 aromatic carbocycles. The van der Waals surface area contributed by atoms with Crippen LogP contribution in [-0.2, 0) is 0 Å². The van der Waals surface area contributed by atoms with Crippen LogP contribution < -0.4 is 5.32 Å². The summed E-state index contributed by atoms with van der Waals surface area (Å²) in [5, 5.41) is 20.1. The Labute approximate surface area is 137 Å². The highest BCUT2D eigenvalue weighted by Crippen LogP contribution is 2.23. The SMILES string of the molecule is Cc1c(C(=O)Nc2nnc(C(C)C)s2)nnn1-c1ccccc1. The molecule has 0 saturated heterocycles. The molecule has 7 nitrogen and oxygen atoms in total. The summed E-state index contributed by atoms with van der Waals surface area (Å²) >= 11 is 1.36. The van der Waals surface area contributed by atoms with Gasteiger partial charge in [-0.2, -0.15) is 0 Å². The number of anilines is 1. The van der Waals surface area contributed by atoms with Gasteiger partial charge in [0.1, 0.15) is 5.01 Å². The van der Waals surface area contributed by atoms with E-state index < -0.39 is 0 Å². The molecule has 0 aliphatic heterocycles. The van der Waals surface area contributed by atoms with E-state index in [9.17, 15) is 4.79 Å². The van der Waals surface area contributed by atoms with Crippen molar-refractivity contribution in [2.24, 2.45) is 0 Å². The van der Waals surface area contributed by atoms with Crippen molar-refractivity contribution < 1.29 is 4.79 Å². The van der Waals surface area contributed by atoms with Crippen LogP contribution in [0.5, 0.6) is 0 Å². The van der Waals surface area contributed by atoms with Crippen molar-refractivity contribution in [2.45, 2.75) is 26.7 Å².